The summed E-state index contributed by atoms with van der Waals surface area (Å²) in [5, 5.41) is 28.3. The van der Waals surface area contributed by atoms with Crippen molar-refractivity contribution in [1.82, 2.24) is 0 Å². The molecular weight excluding hydrogens is 394 g/mol. The molecule has 3 rings (SSSR count). The van der Waals surface area contributed by atoms with E-state index in [1.807, 2.05) is 30.3 Å². The van der Waals surface area contributed by atoms with E-state index in [0.29, 0.717) is 0 Å². The normalized spacial score (nSPS) is 27.8. The molecule has 0 amide bonds. The maximum atomic E-state index is 12.8. The Labute approximate surface area is 160 Å². The Morgan fingerprint density at radius 2 is 2.00 bits per heavy atom. The molecule has 0 aromatic heterocycles. The Hall–Kier alpha value is -2.44. The minimum Gasteiger partial charge on any atom is -0.464 e. The summed E-state index contributed by atoms with van der Waals surface area (Å²) in [6.45, 7) is 1.77. The second-order valence-corrected chi connectivity index (χ2v) is 7.50. The number of nitrogens with one attached hydrogen (secondary N) is 1. The molecule has 132 valence electrons. The van der Waals surface area contributed by atoms with Crippen molar-refractivity contribution < 1.29 is 9.53 Å². The quantitative estimate of drug-likeness (QED) is 0.594. The Kier molecular flexibility index (Phi) is 4.98. The van der Waals surface area contributed by atoms with E-state index in [4.69, 9.17) is 10.1 Å². The lowest BCUT2D eigenvalue weighted by Gasteiger charge is -2.38. The second-order valence-electron chi connectivity index (χ2n) is 6.59. The molecule has 26 heavy (non-hydrogen) atoms. The van der Waals surface area contributed by atoms with Gasteiger partial charge in [0, 0.05) is 10.4 Å². The number of hydrogen-bond donors (Lipinski definition) is 1. The van der Waals surface area contributed by atoms with E-state index in [-0.39, 0.29) is 18.2 Å². The molecule has 1 N–H and O–H groups in total. The van der Waals surface area contributed by atoms with Crippen LogP contribution in [-0.4, -0.2) is 18.3 Å². The predicted octanol–water partition coefficient (Wildman–Crippen LogP) is 4.12. The van der Waals surface area contributed by atoms with Gasteiger partial charge in [0.25, 0.3) is 0 Å². The molecule has 0 saturated heterocycles. The third-order valence-electron chi connectivity index (χ3n) is 5.05. The number of carbonyl (C=O) groups is 1. The summed E-state index contributed by atoms with van der Waals surface area (Å²) in [6, 6.07) is 11.5. The first-order chi connectivity index (χ1) is 12.5. The van der Waals surface area contributed by atoms with Gasteiger partial charge in [0.05, 0.1) is 24.5 Å². The predicted molar refractivity (Wildman–Crippen MR) is 99.2 cm³/mol. The minimum absolute atomic E-state index is 0.110. The lowest BCUT2D eigenvalue weighted by molar-refractivity contribution is -0.149. The summed E-state index contributed by atoms with van der Waals surface area (Å²) in [5.74, 6) is -1.99. The first kappa shape index (κ1) is 18.4. The number of hydrogen-bond acceptors (Lipinski definition) is 5. The number of esters is 1. The van der Waals surface area contributed by atoms with E-state index in [1.165, 1.54) is 0 Å². The third-order valence-corrected chi connectivity index (χ3v) is 5.58. The SMILES string of the molecule is CCOC(=O)[C@@]1(C#N)C(=N)[C@H](C#N)C(C2CC2)=C[C@H]1c1ccc(Br)cc1. The minimum atomic E-state index is -1.82. The van der Waals surface area contributed by atoms with E-state index >= 15 is 0 Å². The van der Waals surface area contributed by atoms with Gasteiger partial charge in [-0.05, 0) is 49.0 Å². The van der Waals surface area contributed by atoms with E-state index in [1.54, 1.807) is 6.92 Å². The van der Waals surface area contributed by atoms with Crippen molar-refractivity contribution in [3.63, 3.8) is 0 Å². The fraction of sp³-hybridized carbons (Fsp3) is 0.400. The van der Waals surface area contributed by atoms with Crippen molar-refractivity contribution in [2.75, 3.05) is 6.61 Å². The molecule has 2 aliphatic rings. The van der Waals surface area contributed by atoms with Gasteiger partial charge in [-0.2, -0.15) is 10.5 Å². The summed E-state index contributed by atoms with van der Waals surface area (Å²) in [4.78, 5) is 12.8. The first-order valence-electron chi connectivity index (χ1n) is 8.53. The fourth-order valence-corrected chi connectivity index (χ4v) is 3.84. The highest BCUT2D eigenvalue weighted by molar-refractivity contribution is 9.10. The molecule has 2 aliphatic carbocycles. The van der Waals surface area contributed by atoms with Crippen LogP contribution in [0.4, 0.5) is 0 Å². The molecule has 3 atom stereocenters. The number of rotatable bonds is 4. The molecule has 0 bridgehead atoms. The average Bonchev–Trinajstić information content (AvgIpc) is 3.47. The first-order valence-corrected chi connectivity index (χ1v) is 9.33. The van der Waals surface area contributed by atoms with Gasteiger partial charge >= 0.3 is 5.97 Å². The highest BCUT2D eigenvalue weighted by Crippen LogP contribution is 2.52. The molecule has 1 aromatic carbocycles. The number of nitriles is 2. The molecule has 0 spiro atoms. The third kappa shape index (κ3) is 2.85. The second kappa shape index (κ2) is 7.05. The standard InChI is InChI=1S/C20H18BrN3O2/c1-2-26-19(25)20(11-23)17(13-5-7-14(21)8-6-13)9-15(12-3-4-12)16(10-22)18(20)24/h5-9,12,16-17,24H,2-4H2,1H3/t16-,17+,20-/m1/s1. The number of ether oxygens (including phenoxy) is 1. The van der Waals surface area contributed by atoms with E-state index < -0.39 is 23.2 Å². The molecular formula is C20H18BrN3O2. The molecule has 6 heteroatoms. The van der Waals surface area contributed by atoms with Crippen molar-refractivity contribution in [1.29, 1.82) is 15.9 Å². The van der Waals surface area contributed by atoms with Crippen molar-refractivity contribution >= 4 is 27.6 Å². The number of nitrogens with zero attached hydrogens (tertiary/aromatic N) is 2. The van der Waals surface area contributed by atoms with Crippen LogP contribution in [0.25, 0.3) is 0 Å². The molecule has 1 saturated carbocycles. The van der Waals surface area contributed by atoms with Crippen LogP contribution in [0.5, 0.6) is 0 Å². The summed E-state index contributed by atoms with van der Waals surface area (Å²) in [7, 11) is 0. The maximum Gasteiger partial charge on any atom is 0.333 e. The maximum absolute atomic E-state index is 12.8. The van der Waals surface area contributed by atoms with Gasteiger partial charge < -0.3 is 10.1 Å². The molecule has 0 radical (unpaired) electrons. The van der Waals surface area contributed by atoms with Crippen molar-refractivity contribution in [3.8, 4) is 12.1 Å². The number of carbonyl (C=O) groups excluding carboxylic acids is 1. The molecule has 0 aliphatic heterocycles. The zero-order chi connectivity index (χ0) is 18.9. The van der Waals surface area contributed by atoms with Gasteiger partial charge in [-0.15, -0.1) is 0 Å². The van der Waals surface area contributed by atoms with Crippen molar-refractivity contribution in [2.24, 2.45) is 17.3 Å². The smallest absolute Gasteiger partial charge is 0.333 e. The van der Waals surface area contributed by atoms with Crippen molar-refractivity contribution in [3.05, 3.63) is 46.0 Å². The number of allylic oxidation sites excluding steroid dienone is 2. The Morgan fingerprint density at radius 3 is 2.50 bits per heavy atom. The van der Waals surface area contributed by atoms with Gasteiger partial charge in [0.2, 0.25) is 5.41 Å². The van der Waals surface area contributed by atoms with Crippen LogP contribution in [0.1, 0.15) is 31.2 Å². The summed E-state index contributed by atoms with van der Waals surface area (Å²) >= 11 is 3.39. The molecule has 0 unspecified atom stereocenters. The molecule has 0 heterocycles. The van der Waals surface area contributed by atoms with Crippen LogP contribution in [0.15, 0.2) is 40.4 Å². The summed E-state index contributed by atoms with van der Waals surface area (Å²) in [6.07, 6.45) is 3.82. The molecule has 1 fully saturated rings. The van der Waals surface area contributed by atoms with Crippen molar-refractivity contribution in [2.45, 2.75) is 25.7 Å². The lowest BCUT2D eigenvalue weighted by atomic mass is 9.60. The van der Waals surface area contributed by atoms with Crippen LogP contribution in [-0.2, 0) is 9.53 Å². The van der Waals surface area contributed by atoms with E-state index in [2.05, 4.69) is 28.1 Å². The lowest BCUT2D eigenvalue weighted by Crippen LogP contribution is -2.49. The van der Waals surface area contributed by atoms with Gasteiger partial charge in [0.1, 0.15) is 5.92 Å². The fourth-order valence-electron chi connectivity index (χ4n) is 3.58. The van der Waals surface area contributed by atoms with Crippen LogP contribution in [0, 0.1) is 45.3 Å². The van der Waals surface area contributed by atoms with Gasteiger partial charge in [-0.1, -0.05) is 34.1 Å². The van der Waals surface area contributed by atoms with Gasteiger partial charge in [-0.3, -0.25) is 0 Å². The highest BCUT2D eigenvalue weighted by atomic mass is 79.9. The van der Waals surface area contributed by atoms with Gasteiger partial charge in [-0.25, -0.2) is 4.79 Å². The molecule has 1 aromatic rings. The van der Waals surface area contributed by atoms with E-state index in [9.17, 15) is 15.3 Å². The highest BCUT2D eigenvalue weighted by Gasteiger charge is 2.57. The largest absolute Gasteiger partial charge is 0.464 e. The van der Waals surface area contributed by atoms with E-state index in [0.717, 1.165) is 28.5 Å². The Morgan fingerprint density at radius 1 is 1.35 bits per heavy atom. The van der Waals surface area contributed by atoms with Crippen LogP contribution < -0.4 is 0 Å². The van der Waals surface area contributed by atoms with Crippen LogP contribution in [0.2, 0.25) is 0 Å². The monoisotopic (exact) mass is 411 g/mol. The Bertz CT molecular complexity index is 859. The van der Waals surface area contributed by atoms with Crippen LogP contribution >= 0.6 is 15.9 Å². The zero-order valence-corrected chi connectivity index (χ0v) is 15.9. The number of benzene rings is 1. The topological polar surface area (TPSA) is 97.7 Å². The summed E-state index contributed by atoms with van der Waals surface area (Å²) < 4.78 is 6.06. The molecule has 5 nitrogen and oxygen atoms in total. The summed E-state index contributed by atoms with van der Waals surface area (Å²) in [5.41, 5.74) is -0.372. The Balaban J connectivity index is 2.22. The zero-order valence-electron chi connectivity index (χ0n) is 14.3. The van der Waals surface area contributed by atoms with Gasteiger partial charge in [0.15, 0.2) is 0 Å². The number of halogens is 1. The van der Waals surface area contributed by atoms with Crippen LogP contribution in [0.3, 0.4) is 0 Å². The average molecular weight is 412 g/mol.